The van der Waals surface area contributed by atoms with Crippen LogP contribution in [0.4, 0.5) is 18.2 Å². The molecule has 1 amide bonds. The Morgan fingerprint density at radius 1 is 1.50 bits per heavy atom. The van der Waals surface area contributed by atoms with Gasteiger partial charge in [0.2, 0.25) is 5.91 Å². The minimum Gasteiger partial charge on any atom is -0.619 e. The van der Waals surface area contributed by atoms with E-state index < -0.39 is 11.9 Å². The number of carbonyl (C=O) groups is 1. The third-order valence-corrected chi connectivity index (χ3v) is 5.71. The standard InChI is InChI=1S/C15H15ClF3N3O2S2/c1-2-22(11(23)5-7-25-9-15(17,18)19)14-12(16)20-13(26-14)10-4-3-6-21(24)8-10/h3-4,6,8H,2,5,7,9H2,1H3. The van der Waals surface area contributed by atoms with Crippen molar-refractivity contribution in [3.8, 4) is 10.6 Å². The zero-order valence-corrected chi connectivity index (χ0v) is 16.0. The normalized spacial score (nSPS) is 11.6. The van der Waals surface area contributed by atoms with E-state index in [1.165, 1.54) is 17.3 Å². The second-order valence-electron chi connectivity index (χ2n) is 5.12. The van der Waals surface area contributed by atoms with Crippen molar-refractivity contribution in [3.05, 3.63) is 34.9 Å². The number of alkyl halides is 3. The van der Waals surface area contributed by atoms with Crippen LogP contribution in [-0.4, -0.2) is 35.1 Å². The number of thiazole rings is 1. The van der Waals surface area contributed by atoms with E-state index in [2.05, 4.69) is 4.98 Å². The summed E-state index contributed by atoms with van der Waals surface area (Å²) in [6, 6.07) is 3.26. The summed E-state index contributed by atoms with van der Waals surface area (Å²) in [7, 11) is 0. The van der Waals surface area contributed by atoms with Gasteiger partial charge >= 0.3 is 6.18 Å². The van der Waals surface area contributed by atoms with Crippen molar-refractivity contribution in [2.24, 2.45) is 0 Å². The van der Waals surface area contributed by atoms with E-state index in [1.54, 1.807) is 19.1 Å². The van der Waals surface area contributed by atoms with Crippen molar-refractivity contribution >= 4 is 45.6 Å². The van der Waals surface area contributed by atoms with Crippen molar-refractivity contribution < 1.29 is 22.7 Å². The van der Waals surface area contributed by atoms with Gasteiger partial charge in [-0.25, -0.2) is 4.98 Å². The number of nitrogens with zero attached hydrogens (tertiary/aromatic N) is 3. The van der Waals surface area contributed by atoms with Crippen LogP contribution in [0.1, 0.15) is 13.3 Å². The molecule has 0 radical (unpaired) electrons. The lowest BCUT2D eigenvalue weighted by Crippen LogP contribution is -2.30. The Morgan fingerprint density at radius 3 is 2.85 bits per heavy atom. The van der Waals surface area contributed by atoms with Crippen LogP contribution >= 0.6 is 34.7 Å². The van der Waals surface area contributed by atoms with E-state index in [4.69, 9.17) is 11.6 Å². The fraction of sp³-hybridized carbons (Fsp3) is 0.400. The van der Waals surface area contributed by atoms with Crippen LogP contribution in [0, 0.1) is 5.21 Å². The number of pyridine rings is 1. The molecule has 0 saturated heterocycles. The lowest BCUT2D eigenvalue weighted by atomic mass is 10.3. The number of amides is 1. The number of aromatic nitrogens is 2. The van der Waals surface area contributed by atoms with Crippen molar-refractivity contribution in [3.63, 3.8) is 0 Å². The van der Waals surface area contributed by atoms with E-state index in [-0.39, 0.29) is 23.2 Å². The molecule has 0 aliphatic heterocycles. The molecule has 2 rings (SSSR count). The van der Waals surface area contributed by atoms with Gasteiger partial charge in [-0.1, -0.05) is 22.9 Å². The number of rotatable bonds is 7. The lowest BCUT2D eigenvalue weighted by molar-refractivity contribution is -0.604. The van der Waals surface area contributed by atoms with E-state index in [9.17, 15) is 23.2 Å². The van der Waals surface area contributed by atoms with Crippen LogP contribution in [0.3, 0.4) is 0 Å². The molecule has 0 atom stereocenters. The van der Waals surface area contributed by atoms with E-state index >= 15 is 0 Å². The zero-order chi connectivity index (χ0) is 19.3. The fourth-order valence-electron chi connectivity index (χ4n) is 2.08. The molecule has 0 aromatic carbocycles. The topological polar surface area (TPSA) is 60.1 Å². The Kier molecular flexibility index (Phi) is 7.13. The number of hydrogen-bond donors (Lipinski definition) is 0. The summed E-state index contributed by atoms with van der Waals surface area (Å²) in [5.41, 5.74) is 0.560. The Morgan fingerprint density at radius 2 is 2.23 bits per heavy atom. The highest BCUT2D eigenvalue weighted by molar-refractivity contribution is 7.99. The number of halogens is 4. The van der Waals surface area contributed by atoms with Gasteiger partial charge in [0.15, 0.2) is 17.5 Å². The van der Waals surface area contributed by atoms with Crippen LogP contribution in [0.25, 0.3) is 10.6 Å². The van der Waals surface area contributed by atoms with Crippen LogP contribution in [-0.2, 0) is 4.79 Å². The van der Waals surface area contributed by atoms with Gasteiger partial charge in [-0.05, 0) is 13.0 Å². The summed E-state index contributed by atoms with van der Waals surface area (Å²) in [5, 5.41) is 12.4. The maximum Gasteiger partial charge on any atom is 0.397 e. The molecule has 2 heterocycles. The van der Waals surface area contributed by atoms with Crippen molar-refractivity contribution in [1.29, 1.82) is 0 Å². The van der Waals surface area contributed by atoms with Crippen LogP contribution in [0.15, 0.2) is 24.5 Å². The second kappa shape index (κ2) is 8.92. The summed E-state index contributed by atoms with van der Waals surface area (Å²) in [4.78, 5) is 17.9. The highest BCUT2D eigenvalue weighted by atomic mass is 35.5. The van der Waals surface area contributed by atoms with Gasteiger partial charge in [-0.15, -0.1) is 0 Å². The van der Waals surface area contributed by atoms with Crippen LogP contribution in [0.2, 0.25) is 5.15 Å². The monoisotopic (exact) mass is 425 g/mol. The molecule has 0 fully saturated rings. The minimum absolute atomic E-state index is 0.0377. The van der Waals surface area contributed by atoms with Gasteiger partial charge in [-0.2, -0.15) is 29.7 Å². The molecule has 5 nitrogen and oxygen atoms in total. The predicted octanol–water partition coefficient (Wildman–Crippen LogP) is 4.14. The molecule has 11 heteroatoms. The van der Waals surface area contributed by atoms with Crippen molar-refractivity contribution in [2.75, 3.05) is 23.0 Å². The molecule has 0 bridgehead atoms. The van der Waals surface area contributed by atoms with Gasteiger partial charge in [-0.3, -0.25) is 4.79 Å². The molecule has 0 aliphatic rings. The Hall–Kier alpha value is -1.52. The summed E-state index contributed by atoms with van der Waals surface area (Å²) in [6.07, 6.45) is -1.61. The number of anilines is 1. The molecule has 0 spiro atoms. The largest absolute Gasteiger partial charge is 0.619 e. The smallest absolute Gasteiger partial charge is 0.397 e. The van der Waals surface area contributed by atoms with Crippen molar-refractivity contribution in [2.45, 2.75) is 19.5 Å². The molecular weight excluding hydrogens is 411 g/mol. The summed E-state index contributed by atoms with van der Waals surface area (Å²) in [6.45, 7) is 2.05. The average Bonchev–Trinajstić information content (AvgIpc) is 2.93. The minimum atomic E-state index is -4.25. The third kappa shape index (κ3) is 5.75. The predicted molar refractivity (Wildman–Crippen MR) is 97.5 cm³/mol. The second-order valence-corrected chi connectivity index (χ2v) is 7.56. The third-order valence-electron chi connectivity index (χ3n) is 3.18. The molecule has 2 aromatic heterocycles. The van der Waals surface area contributed by atoms with E-state index in [0.29, 0.717) is 38.6 Å². The highest BCUT2D eigenvalue weighted by Gasteiger charge is 2.27. The average molecular weight is 426 g/mol. The van der Waals surface area contributed by atoms with Crippen LogP contribution in [0.5, 0.6) is 0 Å². The SMILES string of the molecule is CCN(C(=O)CCSCC(F)(F)F)c1sc(-c2ccc[n+]([O-])c2)nc1Cl. The van der Waals surface area contributed by atoms with Gasteiger partial charge in [0.25, 0.3) is 0 Å². The maximum atomic E-state index is 12.3. The fourth-order valence-corrected chi connectivity index (χ4v) is 4.16. The molecule has 142 valence electrons. The van der Waals surface area contributed by atoms with E-state index in [0.717, 1.165) is 11.3 Å². The Bertz CT molecular complexity index is 771. The lowest BCUT2D eigenvalue weighted by Gasteiger charge is -2.19. The molecule has 0 unspecified atom stereocenters. The first-order chi connectivity index (χ1) is 12.2. The number of hydrogen-bond acceptors (Lipinski definition) is 5. The molecule has 0 aliphatic carbocycles. The Balaban J connectivity index is 2.08. The first kappa shape index (κ1) is 20.8. The maximum absolute atomic E-state index is 12.3. The molecule has 2 aromatic rings. The number of carbonyl (C=O) groups excluding carboxylic acids is 1. The first-order valence-electron chi connectivity index (χ1n) is 7.51. The molecular formula is C15H15ClF3N3O2S2. The molecule has 0 N–H and O–H groups in total. The van der Waals surface area contributed by atoms with Gasteiger partial charge in [0, 0.05) is 24.8 Å². The summed E-state index contributed by atoms with van der Waals surface area (Å²) < 4.78 is 37.1. The quantitative estimate of drug-likeness (QED) is 0.380. The van der Waals surface area contributed by atoms with E-state index in [1.807, 2.05) is 0 Å². The van der Waals surface area contributed by atoms with Gasteiger partial charge < -0.3 is 10.1 Å². The highest BCUT2D eigenvalue weighted by Crippen LogP contribution is 2.37. The van der Waals surface area contributed by atoms with Crippen molar-refractivity contribution in [1.82, 2.24) is 4.98 Å². The van der Waals surface area contributed by atoms with Crippen LogP contribution < -0.4 is 9.63 Å². The first-order valence-corrected chi connectivity index (χ1v) is 9.86. The molecule has 0 saturated carbocycles. The summed E-state index contributed by atoms with van der Waals surface area (Å²) >= 11 is 7.95. The van der Waals surface area contributed by atoms with Gasteiger partial charge in [0.05, 0.1) is 11.3 Å². The Labute approximate surface area is 161 Å². The number of thioether (sulfide) groups is 1. The van der Waals surface area contributed by atoms with Gasteiger partial charge in [0.1, 0.15) is 10.0 Å². The summed E-state index contributed by atoms with van der Waals surface area (Å²) in [5.74, 6) is -1.25. The zero-order valence-electron chi connectivity index (χ0n) is 13.6. The molecule has 26 heavy (non-hydrogen) atoms.